The molecular weight excluding hydrogens is 722 g/mol. The van der Waals surface area contributed by atoms with Gasteiger partial charge in [-0.1, -0.05) is 30.3 Å². The molecule has 2 heterocycles. The molecule has 1 saturated carbocycles. The van der Waals surface area contributed by atoms with E-state index < -0.39 is 88.3 Å². The second-order valence-corrected chi connectivity index (χ2v) is 14.0. The van der Waals surface area contributed by atoms with Crippen LogP contribution < -0.4 is 21.6 Å². The number of carboxylic acid groups (broad SMARTS) is 1. The predicted molar refractivity (Wildman–Crippen MR) is 193 cm³/mol. The van der Waals surface area contributed by atoms with Crippen molar-refractivity contribution in [3.63, 3.8) is 0 Å². The summed E-state index contributed by atoms with van der Waals surface area (Å²) in [4.78, 5) is 41.7. The minimum Gasteiger partial charge on any atom is -0.508 e. The molecule has 0 amide bonds. The lowest BCUT2D eigenvalue weighted by Gasteiger charge is -2.46. The third-order valence-corrected chi connectivity index (χ3v) is 10.6. The van der Waals surface area contributed by atoms with Crippen molar-refractivity contribution in [1.82, 2.24) is 0 Å². The number of aliphatic carboxylic acids is 1. The number of fused-ring (bicyclic) bond motifs is 4. The van der Waals surface area contributed by atoms with Gasteiger partial charge < -0.3 is 71.0 Å². The Morgan fingerprint density at radius 1 is 1.00 bits per heavy atom. The van der Waals surface area contributed by atoms with Crippen molar-refractivity contribution in [3.8, 4) is 34.3 Å². The second kappa shape index (κ2) is 13.7. The number of phenolic OH excluding ortho intramolecular Hbond substituents is 3. The summed E-state index contributed by atoms with van der Waals surface area (Å²) in [5, 5.41) is 86.3. The van der Waals surface area contributed by atoms with Crippen LogP contribution in [0.25, 0.3) is 33.9 Å². The van der Waals surface area contributed by atoms with Crippen molar-refractivity contribution in [2.75, 3.05) is 6.54 Å². The summed E-state index contributed by atoms with van der Waals surface area (Å²) in [5.74, 6) is -6.42. The van der Waals surface area contributed by atoms with Gasteiger partial charge in [-0.2, -0.15) is 0 Å². The molecule has 7 rings (SSSR count). The summed E-state index contributed by atoms with van der Waals surface area (Å²) in [5.41, 5.74) is 7.75. The summed E-state index contributed by atoms with van der Waals surface area (Å²) in [6.07, 6.45) is -5.10. The first-order valence-corrected chi connectivity index (χ1v) is 17.1. The van der Waals surface area contributed by atoms with E-state index in [1.165, 1.54) is 18.2 Å². The molecule has 1 aliphatic heterocycles. The maximum Gasteiger partial charge on any atom is 0.335 e. The van der Waals surface area contributed by atoms with E-state index in [9.17, 15) is 55.2 Å². The van der Waals surface area contributed by atoms with Crippen LogP contribution in [0.1, 0.15) is 41.9 Å². The maximum atomic E-state index is 13.6. The molecule has 3 aromatic carbocycles. The number of ether oxygens (including phenoxy) is 2. The number of hydrogen-bond acceptors (Lipinski definition) is 14. The van der Waals surface area contributed by atoms with Gasteiger partial charge in [0.05, 0.1) is 6.54 Å². The number of benzene rings is 3. The molecule has 3 aliphatic rings. The van der Waals surface area contributed by atoms with Crippen molar-refractivity contribution in [2.45, 2.75) is 61.0 Å². The first kappa shape index (κ1) is 37.3. The summed E-state index contributed by atoms with van der Waals surface area (Å²) < 4.78 is 16.9. The van der Waals surface area contributed by atoms with Crippen molar-refractivity contribution in [1.29, 1.82) is 0 Å². The number of carbonyl (C=O) groups excluding carboxylic acids is 1. The number of aliphatic imine (C=N–C) groups is 1. The predicted octanol–water partition coefficient (Wildman–Crippen LogP) is 0.859. The first-order chi connectivity index (χ1) is 26.1. The normalized spacial score (nSPS) is 28.7. The quantitative estimate of drug-likeness (QED) is 0.0515. The fourth-order valence-corrected chi connectivity index (χ4v) is 7.97. The maximum absolute atomic E-state index is 13.6. The van der Waals surface area contributed by atoms with Gasteiger partial charge in [0.25, 0.3) is 0 Å². The second-order valence-electron chi connectivity index (χ2n) is 14.0. The monoisotopic (exact) mass is 759 g/mol. The van der Waals surface area contributed by atoms with E-state index in [0.29, 0.717) is 30.3 Å². The molecule has 8 atom stereocenters. The Balaban J connectivity index is 1.35. The van der Waals surface area contributed by atoms with Gasteiger partial charge in [-0.25, -0.2) is 4.79 Å². The molecule has 17 heteroatoms. The smallest absolute Gasteiger partial charge is 0.335 e. The van der Waals surface area contributed by atoms with E-state index in [0.717, 1.165) is 23.3 Å². The van der Waals surface area contributed by atoms with Crippen LogP contribution in [0.2, 0.25) is 0 Å². The molecule has 2 fully saturated rings. The van der Waals surface area contributed by atoms with E-state index in [4.69, 9.17) is 25.4 Å². The summed E-state index contributed by atoms with van der Waals surface area (Å²) in [6.45, 7) is -0.902. The third kappa shape index (κ3) is 6.21. The number of hydrogen-bond donors (Lipinski definition) is 10. The Bertz CT molecular complexity index is 2340. The highest BCUT2D eigenvalue weighted by Crippen LogP contribution is 2.55. The lowest BCUT2D eigenvalue weighted by atomic mass is 9.60. The molecular formula is C38H37N3O14. The molecule has 12 N–H and O–H groups in total. The molecule has 4 aromatic rings. The van der Waals surface area contributed by atoms with Crippen LogP contribution in [-0.4, -0.2) is 101 Å². The van der Waals surface area contributed by atoms with Gasteiger partial charge >= 0.3 is 5.97 Å². The van der Waals surface area contributed by atoms with Crippen LogP contribution in [-0.2, 0) is 14.3 Å². The zero-order chi connectivity index (χ0) is 39.6. The van der Waals surface area contributed by atoms with Crippen LogP contribution in [0.5, 0.6) is 23.0 Å². The Morgan fingerprint density at radius 2 is 1.75 bits per heavy atom. The standard InChI is InChI=1S/C38H37N3O14/c39-36(40)41-14-38(52)32(47)31(34(49)50)55-35(33(38)48)54-26-13-25-27(30(46)29(26)45)23(44)12-24(53-25)19-8-7-17(43)11-21(19)22-10-16-4-1-2-5-18(16)20-6-3-9-37(51,15-42)28(20)22/h1-2,4-5,7-8,10-13,15,20,28,31-33,35,43,45-48,51-52H,3,6,9,14H2,(H,49,50)(H4,39,40,41)/t20-,28+,31+,32-,33+,35+,37-,38+/m1/s1. The fourth-order valence-electron chi connectivity index (χ4n) is 7.97. The van der Waals surface area contributed by atoms with Crippen molar-refractivity contribution in [3.05, 3.63) is 81.5 Å². The molecule has 55 heavy (non-hydrogen) atoms. The molecule has 2 aliphatic carbocycles. The fraction of sp³-hybridized carbons (Fsp3) is 0.316. The topological polar surface area (TPSA) is 309 Å². The highest BCUT2D eigenvalue weighted by Gasteiger charge is 2.58. The van der Waals surface area contributed by atoms with Gasteiger partial charge in [-0.3, -0.25) is 9.79 Å². The van der Waals surface area contributed by atoms with Gasteiger partial charge in [0.1, 0.15) is 45.9 Å². The zero-order valence-corrected chi connectivity index (χ0v) is 28.8. The number of aliphatic hydroxyl groups excluding tert-OH is 2. The average molecular weight is 760 g/mol. The van der Waals surface area contributed by atoms with Gasteiger partial charge in [0.2, 0.25) is 12.0 Å². The Kier molecular flexibility index (Phi) is 9.30. The first-order valence-electron chi connectivity index (χ1n) is 17.1. The number of nitrogens with two attached hydrogens (primary N) is 2. The summed E-state index contributed by atoms with van der Waals surface area (Å²) >= 11 is 0. The number of rotatable bonds is 8. The van der Waals surface area contributed by atoms with E-state index in [1.54, 1.807) is 0 Å². The SMILES string of the molecule is NC(N)=NC[C@]1(O)[C@H](O)[C@@H](C(=O)O)O[C@H](Oc2cc3oc(-c4ccc(O)cc4C4=Cc5ccccc5[C@H]5CCC[C@@](O)(C=O)[C@H]45)cc(=O)c3c(O)c2O)[C@@H]1O. The van der Waals surface area contributed by atoms with Crippen molar-refractivity contribution in [2.24, 2.45) is 22.4 Å². The number of phenols is 3. The number of aromatic hydroxyl groups is 3. The van der Waals surface area contributed by atoms with Crippen LogP contribution in [0.15, 0.2) is 68.8 Å². The molecule has 0 spiro atoms. The number of carboxylic acids is 1. The molecule has 288 valence electrons. The van der Waals surface area contributed by atoms with E-state index in [-0.39, 0.29) is 35.0 Å². The number of aldehydes is 1. The van der Waals surface area contributed by atoms with E-state index in [1.807, 2.05) is 30.3 Å². The Morgan fingerprint density at radius 3 is 2.45 bits per heavy atom. The molecule has 0 unspecified atom stereocenters. The minimum atomic E-state index is -2.76. The number of carbonyl (C=O) groups is 2. The molecule has 0 radical (unpaired) electrons. The van der Waals surface area contributed by atoms with Gasteiger partial charge in [0.15, 0.2) is 35.3 Å². The van der Waals surface area contributed by atoms with Crippen molar-refractivity contribution >= 4 is 40.8 Å². The molecule has 17 nitrogen and oxygen atoms in total. The van der Waals surface area contributed by atoms with Crippen LogP contribution in [0.4, 0.5) is 0 Å². The highest BCUT2D eigenvalue weighted by molar-refractivity contribution is 5.95. The minimum absolute atomic E-state index is 0.111. The van der Waals surface area contributed by atoms with E-state index >= 15 is 0 Å². The van der Waals surface area contributed by atoms with Crippen molar-refractivity contribution < 1.29 is 64.3 Å². The number of aliphatic hydroxyl groups is 4. The number of nitrogens with zero attached hydrogens (tertiary/aromatic N) is 1. The molecule has 1 aromatic heterocycles. The molecule has 1 saturated heterocycles. The Labute approximate surface area is 310 Å². The van der Waals surface area contributed by atoms with Crippen LogP contribution >= 0.6 is 0 Å². The molecule has 0 bridgehead atoms. The van der Waals surface area contributed by atoms with Crippen LogP contribution in [0.3, 0.4) is 0 Å². The summed E-state index contributed by atoms with van der Waals surface area (Å²) in [6, 6.07) is 13.8. The van der Waals surface area contributed by atoms with E-state index in [2.05, 4.69) is 4.99 Å². The van der Waals surface area contributed by atoms with Gasteiger partial charge in [-0.15, -0.1) is 0 Å². The van der Waals surface area contributed by atoms with Gasteiger partial charge in [0, 0.05) is 23.6 Å². The third-order valence-electron chi connectivity index (χ3n) is 10.6. The lowest BCUT2D eigenvalue weighted by Crippen LogP contribution is -2.70. The average Bonchev–Trinajstić information content (AvgIpc) is 3.15. The number of guanidine groups is 1. The Hall–Kier alpha value is -5.98. The van der Waals surface area contributed by atoms with Crippen LogP contribution in [0, 0.1) is 5.92 Å². The van der Waals surface area contributed by atoms with Gasteiger partial charge in [-0.05, 0) is 65.6 Å². The largest absolute Gasteiger partial charge is 0.508 e. The zero-order valence-electron chi connectivity index (χ0n) is 28.8. The lowest BCUT2D eigenvalue weighted by molar-refractivity contribution is -0.303. The summed E-state index contributed by atoms with van der Waals surface area (Å²) in [7, 11) is 0. The highest BCUT2D eigenvalue weighted by atomic mass is 16.7.